The molecule has 1 aliphatic heterocycles. The van der Waals surface area contributed by atoms with Crippen molar-refractivity contribution in [3.05, 3.63) is 35.3 Å². The van der Waals surface area contributed by atoms with Gasteiger partial charge in [-0.05, 0) is 31.5 Å². The lowest BCUT2D eigenvalue weighted by Gasteiger charge is -2.45. The van der Waals surface area contributed by atoms with E-state index in [-0.39, 0.29) is 17.5 Å². The van der Waals surface area contributed by atoms with Gasteiger partial charge in [0, 0.05) is 10.9 Å². The van der Waals surface area contributed by atoms with Gasteiger partial charge in [0.1, 0.15) is 11.4 Å². The van der Waals surface area contributed by atoms with E-state index in [1.165, 1.54) is 18.2 Å². The third kappa shape index (κ3) is 1.89. The predicted molar refractivity (Wildman–Crippen MR) is 72.1 cm³/mol. The predicted octanol–water partition coefficient (Wildman–Crippen LogP) is 2.48. The van der Waals surface area contributed by atoms with Gasteiger partial charge in [-0.15, -0.1) is 0 Å². The number of halogens is 1. The number of amides is 1. The maximum Gasteiger partial charge on any atom is 0.290 e. The van der Waals surface area contributed by atoms with Crippen LogP contribution in [-0.4, -0.2) is 34.6 Å². The highest BCUT2D eigenvalue weighted by atomic mass is 19.1. The minimum atomic E-state index is -0.776. The van der Waals surface area contributed by atoms with Crippen LogP contribution in [0.2, 0.25) is 0 Å². The van der Waals surface area contributed by atoms with Gasteiger partial charge in [0.25, 0.3) is 5.91 Å². The summed E-state index contributed by atoms with van der Waals surface area (Å²) in [6.45, 7) is 4.25. The zero-order valence-electron chi connectivity index (χ0n) is 11.4. The Kier molecular flexibility index (Phi) is 2.83. The number of benzene rings is 1. The first kappa shape index (κ1) is 13.1. The lowest BCUT2D eigenvalue weighted by molar-refractivity contribution is -0.0834. The van der Waals surface area contributed by atoms with Gasteiger partial charge in [0.05, 0.1) is 18.7 Å². The van der Waals surface area contributed by atoms with Crippen LogP contribution in [0.5, 0.6) is 0 Å². The number of carbonyl (C=O) groups excluding carboxylic acids is 1. The van der Waals surface area contributed by atoms with E-state index in [4.69, 9.17) is 4.42 Å². The van der Waals surface area contributed by atoms with Crippen LogP contribution < -0.4 is 0 Å². The zero-order chi connectivity index (χ0) is 14.5. The van der Waals surface area contributed by atoms with Gasteiger partial charge >= 0.3 is 0 Å². The molecule has 20 heavy (non-hydrogen) atoms. The van der Waals surface area contributed by atoms with Gasteiger partial charge in [0.15, 0.2) is 5.76 Å². The molecule has 1 N–H and O–H groups in total. The Bertz CT molecular complexity index is 686. The van der Waals surface area contributed by atoms with Crippen LogP contribution in [0.3, 0.4) is 0 Å². The van der Waals surface area contributed by atoms with Gasteiger partial charge in [-0.3, -0.25) is 4.79 Å². The van der Waals surface area contributed by atoms with Crippen LogP contribution in [0.1, 0.15) is 29.5 Å². The summed E-state index contributed by atoms with van der Waals surface area (Å²) in [6.07, 6.45) is 0.612. The molecular weight excluding hydrogens is 261 g/mol. The molecule has 2 aromatic rings. The minimum absolute atomic E-state index is 0.226. The number of hydrogen-bond donors (Lipinski definition) is 1. The van der Waals surface area contributed by atoms with Crippen LogP contribution in [0, 0.1) is 12.7 Å². The van der Waals surface area contributed by atoms with E-state index < -0.39 is 5.60 Å². The molecule has 1 saturated heterocycles. The molecule has 1 aromatic heterocycles. The molecule has 0 spiro atoms. The van der Waals surface area contributed by atoms with Crippen molar-refractivity contribution in [3.8, 4) is 0 Å². The summed E-state index contributed by atoms with van der Waals surface area (Å²) in [4.78, 5) is 13.9. The fourth-order valence-electron chi connectivity index (χ4n) is 2.57. The molecule has 0 saturated carbocycles. The number of hydrogen-bond acceptors (Lipinski definition) is 3. The van der Waals surface area contributed by atoms with Crippen molar-refractivity contribution in [3.63, 3.8) is 0 Å². The van der Waals surface area contributed by atoms with E-state index in [1.54, 1.807) is 11.8 Å². The summed E-state index contributed by atoms with van der Waals surface area (Å²) in [5, 5.41) is 10.6. The quantitative estimate of drug-likeness (QED) is 0.917. The molecule has 0 aliphatic carbocycles. The molecule has 3 rings (SSSR count). The smallest absolute Gasteiger partial charge is 0.290 e. The van der Waals surface area contributed by atoms with Crippen molar-refractivity contribution < 1.29 is 18.7 Å². The van der Waals surface area contributed by atoms with Crippen LogP contribution in [0.25, 0.3) is 11.0 Å². The summed E-state index contributed by atoms with van der Waals surface area (Å²) in [7, 11) is 0. The number of furan rings is 1. The van der Waals surface area contributed by atoms with Crippen molar-refractivity contribution in [2.75, 3.05) is 13.1 Å². The largest absolute Gasteiger partial charge is 0.451 e. The molecule has 4 nitrogen and oxygen atoms in total. The van der Waals surface area contributed by atoms with Crippen molar-refractivity contribution in [2.24, 2.45) is 0 Å². The lowest BCUT2D eigenvalue weighted by Crippen LogP contribution is -2.63. The number of aliphatic hydroxyl groups is 1. The molecule has 1 aliphatic rings. The maximum absolute atomic E-state index is 13.2. The molecule has 1 fully saturated rings. The average Bonchev–Trinajstić information content (AvgIpc) is 2.72. The lowest BCUT2D eigenvalue weighted by atomic mass is 9.91. The molecule has 0 radical (unpaired) electrons. The van der Waals surface area contributed by atoms with Gasteiger partial charge in [-0.25, -0.2) is 4.39 Å². The molecular formula is C15H16FNO3. The highest BCUT2D eigenvalue weighted by Gasteiger charge is 2.43. The number of fused-ring (bicyclic) bond motifs is 1. The van der Waals surface area contributed by atoms with E-state index in [9.17, 15) is 14.3 Å². The summed E-state index contributed by atoms with van der Waals surface area (Å²) in [5.41, 5.74) is 0.358. The molecule has 0 unspecified atom stereocenters. The summed E-state index contributed by atoms with van der Waals surface area (Å²) in [6, 6.07) is 4.19. The van der Waals surface area contributed by atoms with Crippen molar-refractivity contribution >= 4 is 16.9 Å². The van der Waals surface area contributed by atoms with E-state index in [0.717, 1.165) is 0 Å². The molecule has 0 atom stereocenters. The van der Waals surface area contributed by atoms with E-state index in [2.05, 4.69) is 0 Å². The Labute approximate surface area is 115 Å². The number of aryl methyl sites for hydroxylation is 1. The number of β-amino-alcohol motifs (C(OH)–C–C–N with tert-alkyl or cyclic N) is 1. The van der Waals surface area contributed by atoms with E-state index in [0.29, 0.717) is 36.0 Å². The van der Waals surface area contributed by atoms with Crippen LogP contribution in [0.4, 0.5) is 4.39 Å². The third-order valence-corrected chi connectivity index (χ3v) is 4.01. The first-order valence-corrected chi connectivity index (χ1v) is 6.64. The standard InChI is InChI=1S/C15H16FNO3/c1-3-15(19)7-17(8-15)14(18)13-9(2)11-6-10(16)4-5-12(11)20-13/h4-6,19H,3,7-8H2,1-2H3. The molecule has 5 heteroatoms. The molecule has 0 bridgehead atoms. The molecule has 1 amide bonds. The van der Waals surface area contributed by atoms with E-state index in [1.807, 2.05) is 6.92 Å². The number of likely N-dealkylation sites (tertiary alicyclic amines) is 1. The van der Waals surface area contributed by atoms with Crippen LogP contribution in [0.15, 0.2) is 22.6 Å². The fourth-order valence-corrected chi connectivity index (χ4v) is 2.57. The number of carbonyl (C=O) groups is 1. The number of nitrogens with zero attached hydrogens (tertiary/aromatic N) is 1. The Hall–Kier alpha value is -1.88. The second kappa shape index (κ2) is 4.31. The topological polar surface area (TPSA) is 53.7 Å². The summed E-state index contributed by atoms with van der Waals surface area (Å²) >= 11 is 0. The summed E-state index contributed by atoms with van der Waals surface area (Å²) < 4.78 is 18.8. The minimum Gasteiger partial charge on any atom is -0.451 e. The van der Waals surface area contributed by atoms with Gasteiger partial charge < -0.3 is 14.4 Å². The van der Waals surface area contributed by atoms with E-state index >= 15 is 0 Å². The highest BCUT2D eigenvalue weighted by molar-refractivity contribution is 5.99. The normalized spacial score (nSPS) is 17.3. The Balaban J connectivity index is 1.91. The second-order valence-corrected chi connectivity index (χ2v) is 5.44. The van der Waals surface area contributed by atoms with Gasteiger partial charge in [0.2, 0.25) is 0 Å². The third-order valence-electron chi connectivity index (χ3n) is 4.01. The van der Waals surface area contributed by atoms with Gasteiger partial charge in [-0.1, -0.05) is 6.92 Å². The number of rotatable bonds is 2. The Morgan fingerprint density at radius 2 is 2.20 bits per heavy atom. The van der Waals surface area contributed by atoms with Crippen LogP contribution in [-0.2, 0) is 0 Å². The Morgan fingerprint density at radius 1 is 1.50 bits per heavy atom. The SMILES string of the molecule is CCC1(O)CN(C(=O)c2oc3ccc(F)cc3c2C)C1. The van der Waals surface area contributed by atoms with Crippen molar-refractivity contribution in [1.82, 2.24) is 4.90 Å². The molecule has 1 aromatic carbocycles. The van der Waals surface area contributed by atoms with Crippen molar-refractivity contribution in [2.45, 2.75) is 25.9 Å². The average molecular weight is 277 g/mol. The molecule has 2 heterocycles. The highest BCUT2D eigenvalue weighted by Crippen LogP contribution is 2.30. The second-order valence-electron chi connectivity index (χ2n) is 5.44. The summed E-state index contributed by atoms with van der Waals surface area (Å²) in [5.74, 6) is -0.384. The first-order chi connectivity index (χ1) is 9.43. The maximum atomic E-state index is 13.2. The first-order valence-electron chi connectivity index (χ1n) is 6.64. The van der Waals surface area contributed by atoms with Crippen LogP contribution >= 0.6 is 0 Å². The Morgan fingerprint density at radius 3 is 2.85 bits per heavy atom. The zero-order valence-corrected chi connectivity index (χ0v) is 11.4. The fraction of sp³-hybridized carbons (Fsp3) is 0.400. The molecule has 106 valence electrons. The van der Waals surface area contributed by atoms with Crippen molar-refractivity contribution in [1.29, 1.82) is 0 Å². The van der Waals surface area contributed by atoms with Gasteiger partial charge in [-0.2, -0.15) is 0 Å². The monoisotopic (exact) mass is 277 g/mol.